The highest BCUT2D eigenvalue weighted by molar-refractivity contribution is 7.00. The fourth-order valence-corrected chi connectivity index (χ4v) is 12.0. The zero-order valence-corrected chi connectivity index (χ0v) is 37.0. The molecule has 0 bridgehead atoms. The lowest BCUT2D eigenvalue weighted by Crippen LogP contribution is -2.64. The van der Waals surface area contributed by atoms with Gasteiger partial charge in [0.1, 0.15) is 0 Å². The summed E-state index contributed by atoms with van der Waals surface area (Å²) in [5, 5.41) is 0. The maximum Gasteiger partial charge on any atom is 0.252 e. The van der Waals surface area contributed by atoms with Gasteiger partial charge >= 0.3 is 0 Å². The molecule has 63 heavy (non-hydrogen) atoms. The Bertz CT molecular complexity index is 3020. The van der Waals surface area contributed by atoms with Crippen molar-refractivity contribution in [3.8, 4) is 22.3 Å². The SMILES string of the molecule is Cc1ccc(N(c2ccc(C)cc2)c2cc3c4c(c2)N2c5c(cc(C)cc5C5(C)CCCCC25C)B4c2cc(-c4ccccc4)ccc2N3c2ccc(-c3ccccc3)cc2)cc1. The topological polar surface area (TPSA) is 9.72 Å². The highest BCUT2D eigenvalue weighted by Gasteiger charge is 2.61. The van der Waals surface area contributed by atoms with Gasteiger partial charge in [-0.2, -0.15) is 0 Å². The molecule has 0 spiro atoms. The maximum absolute atomic E-state index is 2.86. The van der Waals surface area contributed by atoms with Gasteiger partial charge in [-0.15, -0.1) is 0 Å². The van der Waals surface area contributed by atoms with Gasteiger partial charge in [0.15, 0.2) is 0 Å². The number of nitrogens with zero attached hydrogens (tertiary/aromatic N) is 3. The summed E-state index contributed by atoms with van der Waals surface area (Å²) >= 11 is 0. The monoisotopic (exact) mass is 813 g/mol. The molecule has 3 aliphatic heterocycles. The number of fused-ring (bicyclic) bond motifs is 7. The normalized spacial score (nSPS) is 19.0. The Morgan fingerprint density at radius 2 is 1.05 bits per heavy atom. The van der Waals surface area contributed by atoms with Gasteiger partial charge in [-0.25, -0.2) is 0 Å². The van der Waals surface area contributed by atoms with Crippen LogP contribution in [0.1, 0.15) is 61.8 Å². The number of aryl methyl sites for hydroxylation is 3. The highest BCUT2D eigenvalue weighted by atomic mass is 15.3. The molecule has 0 saturated heterocycles. The molecule has 4 aliphatic rings. The van der Waals surface area contributed by atoms with Crippen molar-refractivity contribution in [3.05, 3.63) is 198 Å². The summed E-state index contributed by atoms with van der Waals surface area (Å²) in [6.07, 6.45) is 4.84. The molecule has 8 aromatic carbocycles. The number of hydrogen-bond acceptors (Lipinski definition) is 3. The Hall–Kier alpha value is -6.78. The van der Waals surface area contributed by atoms with Crippen LogP contribution in [0.2, 0.25) is 0 Å². The summed E-state index contributed by atoms with van der Waals surface area (Å²) in [6, 6.07) is 66.5. The van der Waals surface area contributed by atoms with Crippen LogP contribution >= 0.6 is 0 Å². The quantitative estimate of drug-likeness (QED) is 0.155. The molecule has 1 aliphatic carbocycles. The molecule has 8 aromatic rings. The molecule has 12 rings (SSSR count). The Balaban J connectivity index is 1.19. The largest absolute Gasteiger partial charge is 0.335 e. The molecule has 0 radical (unpaired) electrons. The molecule has 0 aromatic heterocycles. The van der Waals surface area contributed by atoms with Gasteiger partial charge in [0.05, 0.1) is 11.2 Å². The van der Waals surface area contributed by atoms with Crippen molar-refractivity contribution in [1.29, 1.82) is 0 Å². The minimum atomic E-state index is -0.0969. The standard InChI is InChI=1S/C59H52BN3/c1-39-18-25-46(26-19-39)61(47-27-20-40(2)21-28-47)49-37-54-56-55(38-49)63-57-50(58(4)32-12-13-33-59(58,63)5)34-41(3)35-52(57)60(56)51-36-45(43-16-10-7-11-17-43)24-31-53(51)62(54)48-29-22-44(23-30-48)42-14-8-6-9-15-42/h6-11,14-31,34-38H,12-13,32-33H2,1-5H3. The van der Waals surface area contributed by atoms with Crippen molar-refractivity contribution in [2.45, 2.75) is 71.3 Å². The number of anilines is 8. The van der Waals surface area contributed by atoms with Gasteiger partial charge < -0.3 is 14.7 Å². The lowest BCUT2D eigenvalue weighted by molar-refractivity contribution is 0.195. The maximum atomic E-state index is 2.86. The van der Waals surface area contributed by atoms with E-state index < -0.39 is 0 Å². The smallest absolute Gasteiger partial charge is 0.252 e. The van der Waals surface area contributed by atoms with Gasteiger partial charge in [0.25, 0.3) is 6.71 Å². The number of rotatable bonds is 6. The summed E-state index contributed by atoms with van der Waals surface area (Å²) in [4.78, 5) is 7.93. The molecule has 2 unspecified atom stereocenters. The van der Waals surface area contributed by atoms with Crippen molar-refractivity contribution in [3.63, 3.8) is 0 Å². The molecule has 3 heterocycles. The van der Waals surface area contributed by atoms with E-state index in [0.717, 1.165) is 29.2 Å². The zero-order valence-electron chi connectivity index (χ0n) is 37.0. The van der Waals surface area contributed by atoms with Gasteiger partial charge in [-0.05, 0) is 139 Å². The summed E-state index contributed by atoms with van der Waals surface area (Å²) in [5.41, 5.74) is 24.3. The third kappa shape index (κ3) is 5.66. The van der Waals surface area contributed by atoms with Crippen LogP contribution in [0.3, 0.4) is 0 Å². The summed E-state index contributed by atoms with van der Waals surface area (Å²) in [6.45, 7) is 11.9. The van der Waals surface area contributed by atoms with E-state index in [1.807, 2.05) is 0 Å². The van der Waals surface area contributed by atoms with Crippen molar-refractivity contribution in [2.24, 2.45) is 0 Å². The Labute approximate surface area is 373 Å². The van der Waals surface area contributed by atoms with E-state index in [0.29, 0.717) is 0 Å². The van der Waals surface area contributed by atoms with E-state index in [-0.39, 0.29) is 17.7 Å². The number of hydrogen-bond donors (Lipinski definition) is 0. The minimum Gasteiger partial charge on any atom is -0.335 e. The van der Waals surface area contributed by atoms with Gasteiger partial charge in [0.2, 0.25) is 0 Å². The Morgan fingerprint density at radius 3 is 1.70 bits per heavy atom. The summed E-state index contributed by atoms with van der Waals surface area (Å²) in [7, 11) is 0. The molecule has 1 fully saturated rings. The van der Waals surface area contributed by atoms with E-state index in [1.165, 1.54) is 103 Å². The Kier molecular flexibility index (Phi) is 8.51. The number of benzene rings is 8. The fourth-order valence-electron chi connectivity index (χ4n) is 12.0. The average Bonchev–Trinajstić information content (AvgIpc) is 3.52. The molecule has 0 amide bonds. The first kappa shape index (κ1) is 37.9. The van der Waals surface area contributed by atoms with Crippen molar-refractivity contribution >= 4 is 68.6 Å². The second kappa shape index (κ2) is 14.1. The van der Waals surface area contributed by atoms with Crippen molar-refractivity contribution in [1.82, 2.24) is 0 Å². The minimum absolute atomic E-state index is 0.00695. The highest BCUT2D eigenvalue weighted by Crippen LogP contribution is 2.62. The van der Waals surface area contributed by atoms with Crippen LogP contribution in [0.4, 0.5) is 45.5 Å². The van der Waals surface area contributed by atoms with Crippen LogP contribution in [0.5, 0.6) is 0 Å². The lowest BCUT2D eigenvalue weighted by Gasteiger charge is -2.53. The van der Waals surface area contributed by atoms with Gasteiger partial charge in [-0.1, -0.05) is 158 Å². The zero-order chi connectivity index (χ0) is 42.6. The molecule has 1 saturated carbocycles. The van der Waals surface area contributed by atoms with Crippen LogP contribution in [0.15, 0.2) is 176 Å². The predicted octanol–water partition coefficient (Wildman–Crippen LogP) is 13.8. The first-order valence-electron chi connectivity index (χ1n) is 22.9. The third-order valence-corrected chi connectivity index (χ3v) is 15.3. The molecule has 306 valence electrons. The lowest BCUT2D eigenvalue weighted by atomic mass is 9.33. The first-order valence-corrected chi connectivity index (χ1v) is 22.9. The van der Waals surface area contributed by atoms with Gasteiger partial charge in [-0.3, -0.25) is 0 Å². The van der Waals surface area contributed by atoms with Crippen molar-refractivity contribution < 1.29 is 0 Å². The van der Waals surface area contributed by atoms with E-state index in [2.05, 4.69) is 225 Å². The fraction of sp³-hybridized carbons (Fsp3) is 0.186. The summed E-state index contributed by atoms with van der Waals surface area (Å²) in [5.74, 6) is 0. The average molecular weight is 814 g/mol. The molecule has 0 N–H and O–H groups in total. The van der Waals surface area contributed by atoms with Gasteiger partial charge in [0, 0.05) is 45.2 Å². The second-order valence-corrected chi connectivity index (χ2v) is 19.1. The molecule has 4 heteroatoms. The summed E-state index contributed by atoms with van der Waals surface area (Å²) < 4.78 is 0. The predicted molar refractivity (Wildman–Crippen MR) is 268 cm³/mol. The Morgan fingerprint density at radius 1 is 0.476 bits per heavy atom. The van der Waals surface area contributed by atoms with Crippen LogP contribution in [0, 0.1) is 20.8 Å². The first-order chi connectivity index (χ1) is 30.7. The molecule has 3 nitrogen and oxygen atoms in total. The van der Waals surface area contributed by atoms with Crippen LogP contribution < -0.4 is 31.1 Å². The van der Waals surface area contributed by atoms with Crippen LogP contribution in [-0.2, 0) is 5.41 Å². The van der Waals surface area contributed by atoms with E-state index >= 15 is 0 Å². The molecular weight excluding hydrogens is 761 g/mol. The molecule has 2 atom stereocenters. The second-order valence-electron chi connectivity index (χ2n) is 19.1. The van der Waals surface area contributed by atoms with E-state index in [4.69, 9.17) is 0 Å². The van der Waals surface area contributed by atoms with Crippen LogP contribution in [0.25, 0.3) is 22.3 Å². The van der Waals surface area contributed by atoms with Crippen LogP contribution in [-0.4, -0.2) is 12.3 Å². The van der Waals surface area contributed by atoms with E-state index in [1.54, 1.807) is 0 Å². The third-order valence-electron chi connectivity index (χ3n) is 15.3. The van der Waals surface area contributed by atoms with Crippen molar-refractivity contribution in [2.75, 3.05) is 14.7 Å². The van der Waals surface area contributed by atoms with E-state index in [9.17, 15) is 0 Å². The molecular formula is C59H52BN3.